The molecule has 0 aliphatic carbocycles. The van der Waals surface area contributed by atoms with Crippen molar-refractivity contribution >= 4 is 38.6 Å². The fourth-order valence-corrected chi connectivity index (χ4v) is 4.43. The Hall–Kier alpha value is -1.24. The summed E-state index contributed by atoms with van der Waals surface area (Å²) in [6.45, 7) is 0.645. The first kappa shape index (κ1) is 12.8. The third kappa shape index (κ3) is 2.56. The highest BCUT2D eigenvalue weighted by molar-refractivity contribution is 7.94. The van der Waals surface area contributed by atoms with E-state index in [9.17, 15) is 8.42 Å². The number of benzene rings is 1. The standard InChI is InChI=1S/C12H10ClNO3S2/c13-11-3-4-12(18-11)19(15,16)14-9-1-2-10-8(7-9)5-6-17-10/h1-4,7,14H,5-6H2. The minimum absolute atomic E-state index is 0.203. The van der Waals surface area contributed by atoms with E-state index in [1.54, 1.807) is 24.3 Å². The number of hydrogen-bond donors (Lipinski definition) is 1. The van der Waals surface area contributed by atoms with Crippen LogP contribution in [0, 0.1) is 0 Å². The maximum absolute atomic E-state index is 12.1. The van der Waals surface area contributed by atoms with Crippen molar-refractivity contribution in [2.45, 2.75) is 10.6 Å². The van der Waals surface area contributed by atoms with Crippen LogP contribution in [0.3, 0.4) is 0 Å². The van der Waals surface area contributed by atoms with E-state index >= 15 is 0 Å². The van der Waals surface area contributed by atoms with Gasteiger partial charge in [-0.3, -0.25) is 4.72 Å². The molecule has 19 heavy (non-hydrogen) atoms. The number of rotatable bonds is 3. The van der Waals surface area contributed by atoms with Crippen LogP contribution in [0.5, 0.6) is 5.75 Å². The second kappa shape index (κ2) is 4.70. The summed E-state index contributed by atoms with van der Waals surface area (Å²) in [7, 11) is -3.57. The molecule has 3 rings (SSSR count). The molecule has 1 aromatic carbocycles. The molecule has 0 bridgehead atoms. The highest BCUT2D eigenvalue weighted by Crippen LogP contribution is 2.30. The van der Waals surface area contributed by atoms with Crippen molar-refractivity contribution in [1.82, 2.24) is 0 Å². The van der Waals surface area contributed by atoms with Gasteiger partial charge in [-0.25, -0.2) is 8.42 Å². The lowest BCUT2D eigenvalue weighted by Gasteiger charge is -2.07. The second-order valence-corrected chi connectivity index (χ2v) is 7.71. The predicted octanol–water partition coefficient (Wildman–Crippen LogP) is 3.14. The molecular weight excluding hydrogens is 306 g/mol. The van der Waals surface area contributed by atoms with Gasteiger partial charge in [-0.2, -0.15) is 0 Å². The first-order valence-corrected chi connectivity index (χ1v) is 8.26. The molecule has 1 aliphatic rings. The predicted molar refractivity (Wildman–Crippen MR) is 75.8 cm³/mol. The number of ether oxygens (including phenoxy) is 1. The van der Waals surface area contributed by atoms with Crippen molar-refractivity contribution in [3.63, 3.8) is 0 Å². The van der Waals surface area contributed by atoms with Crippen LogP contribution < -0.4 is 9.46 Å². The number of sulfonamides is 1. The topological polar surface area (TPSA) is 55.4 Å². The first-order chi connectivity index (χ1) is 9.04. The highest BCUT2D eigenvalue weighted by atomic mass is 35.5. The number of nitrogens with one attached hydrogen (secondary N) is 1. The molecule has 0 amide bonds. The summed E-state index contributed by atoms with van der Waals surface area (Å²) in [5.41, 5.74) is 1.55. The Kier molecular flexibility index (Phi) is 3.16. The zero-order valence-electron chi connectivity index (χ0n) is 9.72. The molecule has 2 aromatic rings. The zero-order valence-corrected chi connectivity index (χ0v) is 12.1. The van der Waals surface area contributed by atoms with Gasteiger partial charge < -0.3 is 4.74 Å². The van der Waals surface area contributed by atoms with Crippen LogP contribution >= 0.6 is 22.9 Å². The van der Waals surface area contributed by atoms with E-state index < -0.39 is 10.0 Å². The summed E-state index contributed by atoms with van der Waals surface area (Å²) in [5, 5.41) is 0. The van der Waals surface area contributed by atoms with Crippen molar-refractivity contribution < 1.29 is 13.2 Å². The Morgan fingerprint density at radius 2 is 2.11 bits per heavy atom. The summed E-state index contributed by atoms with van der Waals surface area (Å²) in [5.74, 6) is 0.821. The third-order valence-corrected chi connectivity index (χ3v) is 5.86. The number of halogens is 1. The smallest absolute Gasteiger partial charge is 0.271 e. The highest BCUT2D eigenvalue weighted by Gasteiger charge is 2.18. The minimum atomic E-state index is -3.57. The van der Waals surface area contributed by atoms with E-state index in [1.807, 2.05) is 0 Å². The van der Waals surface area contributed by atoms with Gasteiger partial charge in [-0.15, -0.1) is 11.3 Å². The first-order valence-electron chi connectivity index (χ1n) is 5.58. The molecule has 0 atom stereocenters. The second-order valence-electron chi connectivity index (χ2n) is 4.09. The van der Waals surface area contributed by atoms with Crippen molar-refractivity contribution in [2.75, 3.05) is 11.3 Å². The summed E-state index contributed by atoms with van der Waals surface area (Å²) >= 11 is 6.79. The number of anilines is 1. The molecule has 1 aromatic heterocycles. The Labute approximate surface area is 120 Å². The number of hydrogen-bond acceptors (Lipinski definition) is 4. The Balaban J connectivity index is 1.89. The van der Waals surface area contributed by atoms with Gasteiger partial charge in [-0.1, -0.05) is 11.6 Å². The minimum Gasteiger partial charge on any atom is -0.493 e. The molecule has 100 valence electrons. The Morgan fingerprint density at radius 1 is 1.26 bits per heavy atom. The lowest BCUT2D eigenvalue weighted by molar-refractivity contribution is 0.357. The lowest BCUT2D eigenvalue weighted by atomic mass is 10.1. The molecule has 0 saturated carbocycles. The fourth-order valence-electron chi connectivity index (χ4n) is 1.90. The van der Waals surface area contributed by atoms with Gasteiger partial charge in [0.15, 0.2) is 0 Å². The Bertz CT molecular complexity index is 724. The summed E-state index contributed by atoms with van der Waals surface area (Å²) in [6.07, 6.45) is 0.801. The van der Waals surface area contributed by atoms with Gasteiger partial charge in [0.1, 0.15) is 9.96 Å². The maximum atomic E-state index is 12.1. The van der Waals surface area contributed by atoms with Crippen LogP contribution in [0.1, 0.15) is 5.56 Å². The number of thiophene rings is 1. The van der Waals surface area contributed by atoms with Gasteiger partial charge in [0.25, 0.3) is 10.0 Å². The fraction of sp³-hybridized carbons (Fsp3) is 0.167. The molecule has 0 unspecified atom stereocenters. The maximum Gasteiger partial charge on any atom is 0.271 e. The van der Waals surface area contributed by atoms with E-state index in [4.69, 9.17) is 16.3 Å². The van der Waals surface area contributed by atoms with Gasteiger partial charge >= 0.3 is 0 Å². The Morgan fingerprint density at radius 3 is 2.84 bits per heavy atom. The molecule has 7 heteroatoms. The van der Waals surface area contributed by atoms with Gasteiger partial charge in [0, 0.05) is 12.1 Å². The third-order valence-electron chi connectivity index (χ3n) is 2.76. The summed E-state index contributed by atoms with van der Waals surface area (Å²) in [6, 6.07) is 8.33. The van der Waals surface area contributed by atoms with E-state index in [-0.39, 0.29) is 4.21 Å². The molecule has 1 N–H and O–H groups in total. The van der Waals surface area contributed by atoms with Crippen molar-refractivity contribution in [3.05, 3.63) is 40.2 Å². The normalized spacial score (nSPS) is 13.9. The molecule has 0 fully saturated rings. The molecule has 0 radical (unpaired) electrons. The summed E-state index contributed by atoms with van der Waals surface area (Å²) < 4.78 is 32.8. The average Bonchev–Trinajstić information content (AvgIpc) is 2.96. The molecule has 4 nitrogen and oxygen atoms in total. The van der Waals surface area contributed by atoms with Crippen molar-refractivity contribution in [3.8, 4) is 5.75 Å². The number of fused-ring (bicyclic) bond motifs is 1. The molecule has 2 heterocycles. The van der Waals surface area contributed by atoms with Crippen LogP contribution in [0.15, 0.2) is 34.5 Å². The van der Waals surface area contributed by atoms with Crippen LogP contribution in [0.25, 0.3) is 0 Å². The SMILES string of the molecule is O=S(=O)(Nc1ccc2c(c1)CCO2)c1ccc(Cl)s1. The van der Waals surface area contributed by atoms with E-state index in [0.29, 0.717) is 16.6 Å². The largest absolute Gasteiger partial charge is 0.493 e. The molecule has 0 saturated heterocycles. The molecular formula is C12H10ClNO3S2. The van der Waals surface area contributed by atoms with Crippen LogP contribution in [-0.4, -0.2) is 15.0 Å². The molecule has 0 spiro atoms. The van der Waals surface area contributed by atoms with E-state index in [0.717, 1.165) is 29.1 Å². The zero-order chi connectivity index (χ0) is 13.5. The quantitative estimate of drug-likeness (QED) is 0.946. The van der Waals surface area contributed by atoms with Crippen LogP contribution in [-0.2, 0) is 16.4 Å². The van der Waals surface area contributed by atoms with Crippen molar-refractivity contribution in [2.24, 2.45) is 0 Å². The summed E-state index contributed by atoms with van der Waals surface area (Å²) in [4.78, 5) is 0. The van der Waals surface area contributed by atoms with Gasteiger partial charge in [0.05, 0.1) is 10.9 Å². The van der Waals surface area contributed by atoms with E-state index in [1.165, 1.54) is 6.07 Å². The van der Waals surface area contributed by atoms with Gasteiger partial charge in [-0.05, 0) is 35.9 Å². The van der Waals surface area contributed by atoms with Crippen molar-refractivity contribution in [1.29, 1.82) is 0 Å². The van der Waals surface area contributed by atoms with E-state index in [2.05, 4.69) is 4.72 Å². The average molecular weight is 316 g/mol. The van der Waals surface area contributed by atoms with Crippen LogP contribution in [0.2, 0.25) is 4.34 Å². The molecule has 1 aliphatic heterocycles. The van der Waals surface area contributed by atoms with Crippen LogP contribution in [0.4, 0.5) is 5.69 Å². The lowest BCUT2D eigenvalue weighted by Crippen LogP contribution is -2.11. The monoisotopic (exact) mass is 315 g/mol. The van der Waals surface area contributed by atoms with Gasteiger partial charge in [0.2, 0.25) is 0 Å².